The lowest BCUT2D eigenvalue weighted by molar-refractivity contribution is -0.0551. The molecule has 10 nitrogen and oxygen atoms in total. The van der Waals surface area contributed by atoms with Gasteiger partial charge in [0.25, 0.3) is 5.56 Å². The van der Waals surface area contributed by atoms with Crippen molar-refractivity contribution < 1.29 is 29.5 Å². The maximum Gasteiger partial charge on any atom is 0.330 e. The standard InChI is InChI=1S/C9H11BrN2O6.2C5H10O/c10-3-1-12(9(17)11-7(3)16)8-6(15)5(14)4(2-13)18-8;2*1-2-4-6-5-3-1/h1,4-6,8,13-15H,2H2,(H,11,16,17);2*1-5H2/t4-,5-,6-,8-;;/m1../s1. The molecule has 0 unspecified atom stereocenters. The van der Waals surface area contributed by atoms with Crippen molar-refractivity contribution in [3.63, 3.8) is 0 Å². The highest BCUT2D eigenvalue weighted by Gasteiger charge is 2.43. The van der Waals surface area contributed by atoms with Crippen molar-refractivity contribution in [2.75, 3.05) is 33.0 Å². The highest BCUT2D eigenvalue weighted by atomic mass is 79.9. The number of hydrogen-bond acceptors (Lipinski definition) is 8. The molecule has 30 heavy (non-hydrogen) atoms. The Kier molecular flexibility index (Phi) is 11.2. The lowest BCUT2D eigenvalue weighted by Crippen LogP contribution is -2.38. The predicted octanol–water partition coefficient (Wildman–Crippen LogP) is 0.284. The Bertz CT molecular complexity index is 697. The lowest BCUT2D eigenvalue weighted by atomic mass is 10.1. The third-order valence-corrected chi connectivity index (χ3v) is 5.44. The van der Waals surface area contributed by atoms with Crippen LogP contribution >= 0.6 is 15.9 Å². The number of aliphatic hydroxyl groups is 3. The van der Waals surface area contributed by atoms with Crippen LogP contribution in [0.5, 0.6) is 0 Å². The summed E-state index contributed by atoms with van der Waals surface area (Å²) in [4.78, 5) is 24.8. The Balaban J connectivity index is 0.000000215. The average molecular weight is 495 g/mol. The molecule has 3 aliphatic heterocycles. The highest BCUT2D eigenvalue weighted by Crippen LogP contribution is 2.28. The molecule has 4 rings (SSSR count). The van der Waals surface area contributed by atoms with E-state index >= 15 is 0 Å². The van der Waals surface area contributed by atoms with E-state index in [1.54, 1.807) is 0 Å². The molecule has 0 amide bonds. The first-order chi connectivity index (χ1) is 14.5. The number of aromatic amines is 1. The second-order valence-electron chi connectivity index (χ2n) is 7.22. The lowest BCUT2D eigenvalue weighted by Gasteiger charge is -2.17. The summed E-state index contributed by atoms with van der Waals surface area (Å²) < 4.78 is 16.3. The van der Waals surface area contributed by atoms with Gasteiger partial charge < -0.3 is 29.5 Å². The summed E-state index contributed by atoms with van der Waals surface area (Å²) in [6.45, 7) is 3.51. The second kappa shape index (κ2) is 13.4. The normalized spacial score (nSPS) is 28.7. The molecule has 1 aromatic heterocycles. The van der Waals surface area contributed by atoms with Gasteiger partial charge in [0, 0.05) is 32.6 Å². The van der Waals surface area contributed by atoms with Crippen LogP contribution in [0.1, 0.15) is 44.8 Å². The van der Waals surface area contributed by atoms with Gasteiger partial charge >= 0.3 is 5.69 Å². The first-order valence-corrected chi connectivity index (χ1v) is 11.0. The monoisotopic (exact) mass is 494 g/mol. The molecule has 0 bridgehead atoms. The number of halogens is 1. The van der Waals surface area contributed by atoms with Crippen LogP contribution in [0.4, 0.5) is 0 Å². The number of nitrogens with zero attached hydrogens (tertiary/aromatic N) is 1. The second-order valence-corrected chi connectivity index (χ2v) is 8.07. The summed E-state index contributed by atoms with van der Waals surface area (Å²) in [7, 11) is 0. The van der Waals surface area contributed by atoms with Gasteiger partial charge in [-0.15, -0.1) is 0 Å². The van der Waals surface area contributed by atoms with Gasteiger partial charge in [-0.3, -0.25) is 14.3 Å². The van der Waals surface area contributed by atoms with Gasteiger partial charge in [-0.05, 0) is 54.5 Å². The molecule has 3 fully saturated rings. The highest BCUT2D eigenvalue weighted by molar-refractivity contribution is 9.10. The molecule has 0 aromatic carbocycles. The van der Waals surface area contributed by atoms with Crippen molar-refractivity contribution in [2.45, 2.75) is 63.1 Å². The van der Waals surface area contributed by atoms with Crippen LogP contribution in [0.15, 0.2) is 20.3 Å². The van der Waals surface area contributed by atoms with Crippen LogP contribution in [0, 0.1) is 0 Å². The molecule has 11 heteroatoms. The zero-order valence-electron chi connectivity index (χ0n) is 16.9. The van der Waals surface area contributed by atoms with Gasteiger partial charge in [0.05, 0.1) is 11.1 Å². The van der Waals surface area contributed by atoms with E-state index in [-0.39, 0.29) is 4.47 Å². The Morgan fingerprint density at radius 2 is 1.50 bits per heavy atom. The van der Waals surface area contributed by atoms with Gasteiger partial charge in [-0.2, -0.15) is 0 Å². The number of aromatic nitrogens is 2. The van der Waals surface area contributed by atoms with E-state index in [0.29, 0.717) is 0 Å². The zero-order valence-corrected chi connectivity index (χ0v) is 18.5. The van der Waals surface area contributed by atoms with Gasteiger partial charge in [-0.25, -0.2) is 4.79 Å². The number of rotatable bonds is 2. The molecule has 0 spiro atoms. The van der Waals surface area contributed by atoms with Crippen LogP contribution in [0.3, 0.4) is 0 Å². The Morgan fingerprint density at radius 3 is 1.87 bits per heavy atom. The minimum atomic E-state index is -1.38. The molecule has 0 aliphatic carbocycles. The molecule has 0 saturated carbocycles. The van der Waals surface area contributed by atoms with E-state index in [1.807, 2.05) is 4.98 Å². The molecule has 3 saturated heterocycles. The molecule has 4 N–H and O–H groups in total. The number of hydrogen-bond donors (Lipinski definition) is 4. The minimum absolute atomic E-state index is 0.0832. The summed E-state index contributed by atoms with van der Waals surface area (Å²) in [5.41, 5.74) is -1.39. The van der Waals surface area contributed by atoms with Crippen molar-refractivity contribution in [3.8, 4) is 0 Å². The number of aliphatic hydroxyl groups excluding tert-OH is 3. The molecule has 4 atom stereocenters. The smallest absolute Gasteiger partial charge is 0.330 e. The largest absolute Gasteiger partial charge is 0.394 e. The molecule has 0 radical (unpaired) electrons. The van der Waals surface area contributed by atoms with E-state index in [0.717, 1.165) is 37.2 Å². The Morgan fingerprint density at radius 1 is 0.967 bits per heavy atom. The Labute approximate surface area is 182 Å². The van der Waals surface area contributed by atoms with Gasteiger partial charge in [0.1, 0.15) is 18.3 Å². The first kappa shape index (κ1) is 25.2. The third-order valence-electron chi connectivity index (χ3n) is 4.87. The van der Waals surface area contributed by atoms with Crippen LogP contribution in [-0.2, 0) is 14.2 Å². The van der Waals surface area contributed by atoms with Crippen molar-refractivity contribution >= 4 is 15.9 Å². The van der Waals surface area contributed by atoms with Crippen LogP contribution in [0.2, 0.25) is 0 Å². The average Bonchev–Trinajstić information content (AvgIpc) is 3.08. The van der Waals surface area contributed by atoms with E-state index in [9.17, 15) is 19.8 Å². The van der Waals surface area contributed by atoms with Crippen molar-refractivity contribution in [1.29, 1.82) is 0 Å². The maximum absolute atomic E-state index is 11.6. The molecule has 4 heterocycles. The summed E-state index contributed by atoms with van der Waals surface area (Å²) >= 11 is 2.94. The van der Waals surface area contributed by atoms with E-state index < -0.39 is 42.4 Å². The fourth-order valence-corrected chi connectivity index (χ4v) is 3.45. The maximum atomic E-state index is 11.6. The zero-order chi connectivity index (χ0) is 21.9. The molecular weight excluding hydrogens is 464 g/mol. The van der Waals surface area contributed by atoms with Crippen molar-refractivity contribution in [3.05, 3.63) is 31.5 Å². The van der Waals surface area contributed by atoms with Gasteiger partial charge in [-0.1, -0.05) is 0 Å². The van der Waals surface area contributed by atoms with Gasteiger partial charge in [0.15, 0.2) is 6.23 Å². The molecule has 3 aliphatic rings. The van der Waals surface area contributed by atoms with Crippen molar-refractivity contribution in [1.82, 2.24) is 9.55 Å². The van der Waals surface area contributed by atoms with Crippen molar-refractivity contribution in [2.24, 2.45) is 0 Å². The number of nitrogens with one attached hydrogen (secondary N) is 1. The summed E-state index contributed by atoms with van der Waals surface area (Å²) in [5.74, 6) is 0. The topological polar surface area (TPSA) is 143 Å². The summed E-state index contributed by atoms with van der Waals surface area (Å²) in [6.07, 6.45) is 4.18. The van der Waals surface area contributed by atoms with Crippen LogP contribution < -0.4 is 11.2 Å². The van der Waals surface area contributed by atoms with Crippen LogP contribution in [-0.4, -0.2) is 76.2 Å². The summed E-state index contributed by atoms with van der Waals surface area (Å²) in [5, 5.41) is 28.3. The fourth-order valence-electron chi connectivity index (χ4n) is 3.13. The first-order valence-electron chi connectivity index (χ1n) is 10.2. The molecular formula is C19H31BrN2O8. The quantitative estimate of drug-likeness (QED) is 0.459. The van der Waals surface area contributed by atoms with Crippen LogP contribution in [0.25, 0.3) is 0 Å². The Hall–Kier alpha value is -1.08. The van der Waals surface area contributed by atoms with E-state index in [1.165, 1.54) is 38.5 Å². The van der Waals surface area contributed by atoms with E-state index in [2.05, 4.69) is 15.9 Å². The third kappa shape index (κ3) is 7.56. The summed E-state index contributed by atoms with van der Waals surface area (Å²) in [6, 6.07) is 0. The fraction of sp³-hybridized carbons (Fsp3) is 0.789. The molecule has 1 aromatic rings. The SMILES string of the molecule is C1CCOCC1.C1CCOCC1.O=c1[nH]c(=O)n([C@@H]2O[C@H](CO)[C@@H](O)[C@H]2O)cc1Br. The number of ether oxygens (including phenoxy) is 3. The van der Waals surface area contributed by atoms with Gasteiger partial charge in [0.2, 0.25) is 0 Å². The minimum Gasteiger partial charge on any atom is -0.394 e. The number of H-pyrrole nitrogens is 1. The predicted molar refractivity (Wildman–Crippen MR) is 111 cm³/mol. The van der Waals surface area contributed by atoms with E-state index in [4.69, 9.17) is 19.3 Å². The molecule has 172 valence electrons.